The van der Waals surface area contributed by atoms with Gasteiger partial charge in [-0.25, -0.2) is 9.97 Å². The third-order valence-electron chi connectivity index (χ3n) is 13.3. The second-order valence-electron chi connectivity index (χ2n) is 17.7. The van der Waals surface area contributed by atoms with E-state index in [1.165, 1.54) is 88.2 Å². The van der Waals surface area contributed by atoms with Crippen molar-refractivity contribution in [3.63, 3.8) is 0 Å². The second kappa shape index (κ2) is 15.7. The summed E-state index contributed by atoms with van der Waals surface area (Å²) in [5.74, 6) is 0.724. The minimum Gasteiger partial charge on any atom is -0.309 e. The molecule has 0 aliphatic heterocycles. The number of nitrogens with zero attached hydrogens (tertiary/aromatic N) is 4. The van der Waals surface area contributed by atoms with Crippen LogP contribution in [0.2, 0.25) is 0 Å². The fourth-order valence-corrected chi connectivity index (χ4v) is 10.1. The van der Waals surface area contributed by atoms with Crippen LogP contribution in [0.3, 0.4) is 0 Å². The molecule has 0 fully saturated rings. The summed E-state index contributed by atoms with van der Waals surface area (Å²) in [6.45, 7) is 8.70. The first-order valence-corrected chi connectivity index (χ1v) is 22.7. The predicted molar refractivity (Wildman–Crippen MR) is 277 cm³/mol. The Morgan fingerprint density at radius 2 is 0.697 bits per heavy atom. The first-order valence-electron chi connectivity index (χ1n) is 22.7. The van der Waals surface area contributed by atoms with Crippen molar-refractivity contribution in [2.45, 2.75) is 27.7 Å². The normalized spacial score (nSPS) is 11.6. The average Bonchev–Trinajstić information content (AvgIpc) is 3.87. The van der Waals surface area contributed by atoms with Crippen LogP contribution in [0.15, 0.2) is 206 Å². The largest absolute Gasteiger partial charge is 0.309 e. The lowest BCUT2D eigenvalue weighted by molar-refractivity contribution is 1.15. The minimum absolute atomic E-state index is 0.724. The van der Waals surface area contributed by atoms with E-state index in [0.717, 1.165) is 45.2 Å². The van der Waals surface area contributed by atoms with Gasteiger partial charge < -0.3 is 9.13 Å². The zero-order valence-corrected chi connectivity index (χ0v) is 37.4. The van der Waals surface area contributed by atoms with E-state index in [9.17, 15) is 0 Å². The first-order chi connectivity index (χ1) is 32.3. The van der Waals surface area contributed by atoms with Gasteiger partial charge in [-0.3, -0.25) is 0 Å². The van der Waals surface area contributed by atoms with Crippen LogP contribution in [0.5, 0.6) is 0 Å². The Labute approximate surface area is 384 Å². The van der Waals surface area contributed by atoms with Crippen molar-refractivity contribution in [3.05, 3.63) is 229 Å². The quantitative estimate of drug-likeness (QED) is 0.160. The zero-order chi connectivity index (χ0) is 44.5. The molecule has 3 aromatic heterocycles. The van der Waals surface area contributed by atoms with Crippen LogP contribution in [-0.2, 0) is 0 Å². The van der Waals surface area contributed by atoms with E-state index >= 15 is 0 Å². The summed E-state index contributed by atoms with van der Waals surface area (Å²) >= 11 is 0. The van der Waals surface area contributed by atoms with Gasteiger partial charge in [-0.05, 0) is 116 Å². The minimum atomic E-state index is 0.724. The number of aryl methyl sites for hydroxylation is 4. The second-order valence-corrected chi connectivity index (χ2v) is 17.7. The third-order valence-corrected chi connectivity index (χ3v) is 13.3. The lowest BCUT2D eigenvalue weighted by Crippen LogP contribution is -1.98. The molecule has 0 radical (unpaired) electrons. The number of hydrogen-bond donors (Lipinski definition) is 0. The van der Waals surface area contributed by atoms with E-state index in [2.05, 4.69) is 243 Å². The van der Waals surface area contributed by atoms with Crippen LogP contribution >= 0.6 is 0 Å². The summed E-state index contributed by atoms with van der Waals surface area (Å²) < 4.78 is 4.84. The summed E-state index contributed by atoms with van der Waals surface area (Å²) in [4.78, 5) is 10.1. The molecule has 0 aliphatic carbocycles. The molecule has 12 rings (SSSR count). The highest BCUT2D eigenvalue weighted by molar-refractivity contribution is 6.12. The number of hydrogen-bond acceptors (Lipinski definition) is 2. The molecule has 4 heteroatoms. The standard InChI is InChI=1S/C62H46N4/c1-39-17-21-45(22-18-39)55-38-56(64-62(63-55)48-23-19-40(2)20-24-48)46-29-25-43(26-30-46)44-27-31-47(32-28-44)61-41(3)35-50(36-42(61)4)66-59-16-10-7-13-53(59)54-37-49(33-34-60(54)66)65-57-14-8-5-11-51(57)52-12-6-9-15-58(52)65/h5-38H,1-4H3. The maximum atomic E-state index is 5.08. The Balaban J connectivity index is 0.862. The SMILES string of the molecule is Cc1ccc(-c2cc(-c3ccc(-c4ccc(-c5c(C)cc(-n6c7ccccc7c7cc(-n8c9ccccc9c9ccccc98)ccc76)cc5C)cc4)cc3)nc(-c3ccc(C)cc3)n2)cc1. The monoisotopic (exact) mass is 846 g/mol. The molecule has 3 heterocycles. The highest BCUT2D eigenvalue weighted by Gasteiger charge is 2.18. The van der Waals surface area contributed by atoms with E-state index in [1.807, 2.05) is 0 Å². The van der Waals surface area contributed by atoms with Crippen LogP contribution < -0.4 is 0 Å². The molecule has 0 saturated carbocycles. The van der Waals surface area contributed by atoms with Crippen molar-refractivity contribution in [1.82, 2.24) is 19.1 Å². The first kappa shape index (κ1) is 39.3. The molecule has 0 amide bonds. The Hall–Kier alpha value is -8.34. The van der Waals surface area contributed by atoms with Crippen molar-refractivity contribution in [2.75, 3.05) is 0 Å². The van der Waals surface area contributed by atoms with Gasteiger partial charge in [0.25, 0.3) is 0 Å². The van der Waals surface area contributed by atoms with Gasteiger partial charge in [0, 0.05) is 49.6 Å². The van der Waals surface area contributed by atoms with Gasteiger partial charge in [0.15, 0.2) is 5.82 Å². The van der Waals surface area contributed by atoms with E-state index < -0.39 is 0 Å². The van der Waals surface area contributed by atoms with Crippen molar-refractivity contribution in [2.24, 2.45) is 0 Å². The van der Waals surface area contributed by atoms with Gasteiger partial charge in [-0.2, -0.15) is 0 Å². The van der Waals surface area contributed by atoms with Crippen molar-refractivity contribution in [3.8, 4) is 67.5 Å². The predicted octanol–water partition coefficient (Wildman–Crippen LogP) is 16.2. The number of benzene rings is 9. The molecule has 0 aliphatic rings. The number of para-hydroxylation sites is 3. The van der Waals surface area contributed by atoms with Crippen molar-refractivity contribution < 1.29 is 0 Å². The van der Waals surface area contributed by atoms with E-state index in [4.69, 9.17) is 9.97 Å². The molecule has 0 spiro atoms. The van der Waals surface area contributed by atoms with Gasteiger partial charge in [0.1, 0.15) is 0 Å². The molecular formula is C62H46N4. The molecule has 0 N–H and O–H groups in total. The van der Waals surface area contributed by atoms with Gasteiger partial charge in [-0.1, -0.05) is 163 Å². The van der Waals surface area contributed by atoms with Crippen LogP contribution in [0.4, 0.5) is 0 Å². The van der Waals surface area contributed by atoms with Crippen LogP contribution in [-0.4, -0.2) is 19.1 Å². The summed E-state index contributed by atoms with van der Waals surface area (Å²) in [6.07, 6.45) is 0. The fraction of sp³-hybridized carbons (Fsp3) is 0.0645. The van der Waals surface area contributed by atoms with Gasteiger partial charge in [-0.15, -0.1) is 0 Å². The van der Waals surface area contributed by atoms with Gasteiger partial charge in [0.05, 0.1) is 33.5 Å². The maximum Gasteiger partial charge on any atom is 0.160 e. The van der Waals surface area contributed by atoms with Crippen molar-refractivity contribution in [1.29, 1.82) is 0 Å². The highest BCUT2D eigenvalue weighted by Crippen LogP contribution is 2.39. The van der Waals surface area contributed by atoms with Crippen molar-refractivity contribution >= 4 is 43.6 Å². The lowest BCUT2D eigenvalue weighted by atomic mass is 9.93. The molecule has 314 valence electrons. The Morgan fingerprint density at radius 1 is 0.303 bits per heavy atom. The molecule has 4 nitrogen and oxygen atoms in total. The zero-order valence-electron chi connectivity index (χ0n) is 37.4. The fourth-order valence-electron chi connectivity index (χ4n) is 10.1. The number of rotatable bonds is 7. The molecular weight excluding hydrogens is 801 g/mol. The topological polar surface area (TPSA) is 35.6 Å². The van der Waals surface area contributed by atoms with E-state index in [1.54, 1.807) is 0 Å². The van der Waals surface area contributed by atoms with Crippen LogP contribution in [0.25, 0.3) is 111 Å². The maximum absolute atomic E-state index is 5.08. The Kier molecular flexibility index (Phi) is 9.35. The number of aromatic nitrogens is 4. The average molecular weight is 847 g/mol. The molecule has 0 saturated heterocycles. The molecule has 0 atom stereocenters. The molecule has 9 aromatic carbocycles. The van der Waals surface area contributed by atoms with Gasteiger partial charge >= 0.3 is 0 Å². The molecule has 66 heavy (non-hydrogen) atoms. The number of fused-ring (bicyclic) bond motifs is 6. The Bertz CT molecular complexity index is 3670. The third kappa shape index (κ3) is 6.69. The van der Waals surface area contributed by atoms with Crippen LogP contribution in [0, 0.1) is 27.7 Å². The summed E-state index contributed by atoms with van der Waals surface area (Å²) in [5.41, 5.74) is 21.8. The molecule has 0 unspecified atom stereocenters. The van der Waals surface area contributed by atoms with Gasteiger partial charge in [0.2, 0.25) is 0 Å². The smallest absolute Gasteiger partial charge is 0.160 e. The highest BCUT2D eigenvalue weighted by atomic mass is 15.0. The lowest BCUT2D eigenvalue weighted by Gasteiger charge is -2.16. The summed E-state index contributed by atoms with van der Waals surface area (Å²) in [5, 5.41) is 5.02. The summed E-state index contributed by atoms with van der Waals surface area (Å²) in [6, 6.07) is 74.8. The summed E-state index contributed by atoms with van der Waals surface area (Å²) in [7, 11) is 0. The molecule has 0 bridgehead atoms. The van der Waals surface area contributed by atoms with E-state index in [0.29, 0.717) is 0 Å². The molecule has 12 aromatic rings. The van der Waals surface area contributed by atoms with Crippen LogP contribution in [0.1, 0.15) is 22.3 Å². The Morgan fingerprint density at radius 3 is 1.21 bits per heavy atom. The van der Waals surface area contributed by atoms with E-state index in [-0.39, 0.29) is 0 Å².